The maximum atomic E-state index is 6.21. The molecule has 6 nitrogen and oxygen atoms in total. The van der Waals surface area contributed by atoms with Gasteiger partial charge in [0.2, 0.25) is 0 Å². The first kappa shape index (κ1) is 19.0. The number of H-pyrrole nitrogens is 1. The fourth-order valence-electron chi connectivity index (χ4n) is 4.06. The van der Waals surface area contributed by atoms with Gasteiger partial charge < -0.3 is 20.4 Å². The van der Waals surface area contributed by atoms with Crippen LogP contribution in [-0.4, -0.2) is 53.2 Å². The lowest BCUT2D eigenvalue weighted by atomic mass is 10.0. The van der Waals surface area contributed by atoms with Gasteiger partial charge in [0.25, 0.3) is 0 Å². The first-order valence-corrected chi connectivity index (χ1v) is 10.2. The largest absolute Gasteiger partial charge is 0.383 e. The molecular weight excluding hydrogens is 350 g/mol. The number of hydrogen-bond donors (Lipinski definition) is 2. The number of fused-ring (bicyclic) bond motifs is 3. The van der Waals surface area contributed by atoms with Gasteiger partial charge in [-0.15, -0.1) is 0 Å². The van der Waals surface area contributed by atoms with E-state index in [0.717, 1.165) is 53.7 Å². The molecule has 3 N–H and O–H groups in total. The van der Waals surface area contributed by atoms with E-state index in [0.29, 0.717) is 19.0 Å². The van der Waals surface area contributed by atoms with E-state index >= 15 is 0 Å². The van der Waals surface area contributed by atoms with Crippen LogP contribution < -0.4 is 10.6 Å². The lowest BCUT2D eigenvalue weighted by Crippen LogP contribution is -2.53. The van der Waals surface area contributed by atoms with Gasteiger partial charge in [-0.25, -0.2) is 4.98 Å². The molecule has 1 aliphatic rings. The summed E-state index contributed by atoms with van der Waals surface area (Å²) < 4.78 is 5.55. The molecule has 1 aromatic carbocycles. The topological polar surface area (TPSA) is 70.4 Å². The van der Waals surface area contributed by atoms with E-state index in [-0.39, 0.29) is 5.54 Å². The van der Waals surface area contributed by atoms with Crippen molar-refractivity contribution < 1.29 is 4.74 Å². The summed E-state index contributed by atoms with van der Waals surface area (Å²) in [6, 6.07) is 8.55. The number of aromatic nitrogens is 2. The summed E-state index contributed by atoms with van der Waals surface area (Å²) in [5.74, 6) is 0.563. The molecule has 0 bridgehead atoms. The minimum Gasteiger partial charge on any atom is -0.383 e. The Labute approximate surface area is 166 Å². The van der Waals surface area contributed by atoms with Crippen LogP contribution in [-0.2, 0) is 11.3 Å². The Balaban J connectivity index is 1.67. The van der Waals surface area contributed by atoms with E-state index in [9.17, 15) is 0 Å². The number of piperazine rings is 1. The fraction of sp³-hybridized carbons (Fsp3) is 0.500. The van der Waals surface area contributed by atoms with E-state index in [1.165, 1.54) is 5.69 Å². The summed E-state index contributed by atoms with van der Waals surface area (Å²) in [6.07, 6.45) is 0. The van der Waals surface area contributed by atoms with Gasteiger partial charge in [-0.05, 0) is 52.0 Å². The van der Waals surface area contributed by atoms with Gasteiger partial charge in [-0.1, -0.05) is 0 Å². The van der Waals surface area contributed by atoms with Crippen molar-refractivity contribution in [3.63, 3.8) is 0 Å². The highest BCUT2D eigenvalue weighted by Crippen LogP contribution is 2.32. The number of hydrogen-bond acceptors (Lipinski definition) is 5. The van der Waals surface area contributed by atoms with Crippen LogP contribution in [0.15, 0.2) is 24.3 Å². The zero-order valence-electron chi connectivity index (χ0n) is 17.4. The van der Waals surface area contributed by atoms with Gasteiger partial charge in [-0.3, -0.25) is 4.90 Å². The van der Waals surface area contributed by atoms with Gasteiger partial charge in [0.05, 0.1) is 17.6 Å². The van der Waals surface area contributed by atoms with Crippen LogP contribution in [0.5, 0.6) is 0 Å². The molecule has 1 saturated heterocycles. The molecule has 0 amide bonds. The highest BCUT2D eigenvalue weighted by Gasteiger charge is 2.26. The molecule has 0 aliphatic carbocycles. The number of pyridine rings is 1. The number of nitrogens with zero attached hydrogens (tertiary/aromatic N) is 3. The van der Waals surface area contributed by atoms with Crippen LogP contribution in [0.2, 0.25) is 0 Å². The Hall–Kier alpha value is -2.31. The lowest BCUT2D eigenvalue weighted by Gasteiger charge is -2.43. The summed E-state index contributed by atoms with van der Waals surface area (Å²) >= 11 is 0. The van der Waals surface area contributed by atoms with E-state index < -0.39 is 0 Å². The molecule has 0 spiro atoms. The first-order valence-electron chi connectivity index (χ1n) is 10.2. The van der Waals surface area contributed by atoms with Crippen molar-refractivity contribution in [2.45, 2.75) is 39.8 Å². The molecule has 1 fully saturated rings. The van der Waals surface area contributed by atoms with Crippen molar-refractivity contribution >= 4 is 33.3 Å². The summed E-state index contributed by atoms with van der Waals surface area (Å²) in [5.41, 5.74) is 10.7. The van der Waals surface area contributed by atoms with E-state index in [4.69, 9.17) is 10.5 Å². The molecule has 28 heavy (non-hydrogen) atoms. The SMILES string of the molecule is CCOCc1cc2c(N)nc3ccc(N4CCN(C(C)(C)C)CC4)cc3c2[nH]1. The molecule has 6 heteroatoms. The zero-order valence-corrected chi connectivity index (χ0v) is 17.4. The molecule has 4 rings (SSSR count). The fourth-order valence-corrected chi connectivity index (χ4v) is 4.06. The van der Waals surface area contributed by atoms with Crippen molar-refractivity contribution in [2.24, 2.45) is 0 Å². The number of rotatable bonds is 4. The van der Waals surface area contributed by atoms with Crippen molar-refractivity contribution in [3.05, 3.63) is 30.0 Å². The highest BCUT2D eigenvalue weighted by molar-refractivity contribution is 6.09. The van der Waals surface area contributed by atoms with Crippen LogP contribution in [0.25, 0.3) is 21.8 Å². The van der Waals surface area contributed by atoms with E-state index in [2.05, 4.69) is 64.8 Å². The minimum atomic E-state index is 0.226. The molecule has 0 atom stereocenters. The number of benzene rings is 1. The van der Waals surface area contributed by atoms with Gasteiger partial charge in [-0.2, -0.15) is 0 Å². The summed E-state index contributed by atoms with van der Waals surface area (Å²) in [5, 5.41) is 2.08. The number of nitrogens with two attached hydrogens (primary N) is 1. The molecule has 1 aliphatic heterocycles. The Morgan fingerprint density at radius 2 is 1.86 bits per heavy atom. The second-order valence-corrected chi connectivity index (χ2v) is 8.56. The molecular formula is C22H31N5O. The standard InChI is InChI=1S/C22H31N5O/c1-5-28-14-15-12-18-20(24-15)17-13-16(6-7-19(17)25-21(18)23)26-8-10-27(11-9-26)22(2,3)4/h6-7,12-13,24H,5,8-11,14H2,1-4H3,(H2,23,25). The third kappa shape index (κ3) is 3.54. The number of aromatic amines is 1. The molecule has 3 heterocycles. The van der Waals surface area contributed by atoms with Crippen LogP contribution >= 0.6 is 0 Å². The average molecular weight is 382 g/mol. The molecule has 150 valence electrons. The Bertz CT molecular complexity index is 980. The van der Waals surface area contributed by atoms with Crippen LogP contribution in [0.4, 0.5) is 11.5 Å². The predicted molar refractivity (Wildman–Crippen MR) is 117 cm³/mol. The number of ether oxygens (including phenoxy) is 1. The predicted octanol–water partition coefficient (Wildman–Crippen LogP) is 3.76. The molecule has 3 aromatic rings. The van der Waals surface area contributed by atoms with Crippen LogP contribution in [0.3, 0.4) is 0 Å². The monoisotopic (exact) mass is 381 g/mol. The molecule has 0 saturated carbocycles. The summed E-state index contributed by atoms with van der Waals surface area (Å²) in [7, 11) is 0. The van der Waals surface area contributed by atoms with Gasteiger partial charge in [0, 0.05) is 60.5 Å². The number of nitrogen functional groups attached to an aromatic ring is 1. The van der Waals surface area contributed by atoms with Crippen LogP contribution in [0, 0.1) is 0 Å². The smallest absolute Gasteiger partial charge is 0.133 e. The number of nitrogens with one attached hydrogen (secondary N) is 1. The van der Waals surface area contributed by atoms with Crippen molar-refractivity contribution in [2.75, 3.05) is 43.4 Å². The highest BCUT2D eigenvalue weighted by atomic mass is 16.5. The van der Waals surface area contributed by atoms with Crippen LogP contribution in [0.1, 0.15) is 33.4 Å². The van der Waals surface area contributed by atoms with Crippen molar-refractivity contribution in [1.29, 1.82) is 0 Å². The van der Waals surface area contributed by atoms with Crippen molar-refractivity contribution in [1.82, 2.24) is 14.9 Å². The van der Waals surface area contributed by atoms with E-state index in [1.54, 1.807) is 0 Å². The Morgan fingerprint density at radius 3 is 2.54 bits per heavy atom. The van der Waals surface area contributed by atoms with Crippen molar-refractivity contribution in [3.8, 4) is 0 Å². The van der Waals surface area contributed by atoms with E-state index in [1.807, 2.05) is 6.92 Å². The summed E-state index contributed by atoms with van der Waals surface area (Å²) in [4.78, 5) is 13.1. The Kier molecular flexibility index (Phi) is 4.93. The third-order valence-corrected chi connectivity index (χ3v) is 5.69. The zero-order chi connectivity index (χ0) is 19.9. The normalized spacial score (nSPS) is 16.4. The second kappa shape index (κ2) is 7.26. The maximum absolute atomic E-state index is 6.21. The third-order valence-electron chi connectivity index (χ3n) is 5.69. The lowest BCUT2D eigenvalue weighted by molar-refractivity contribution is 0.128. The summed E-state index contributed by atoms with van der Waals surface area (Å²) in [6.45, 7) is 14.3. The first-order chi connectivity index (χ1) is 13.4. The number of anilines is 2. The molecule has 0 unspecified atom stereocenters. The van der Waals surface area contributed by atoms with Gasteiger partial charge in [0.1, 0.15) is 5.82 Å². The average Bonchev–Trinajstić information content (AvgIpc) is 3.11. The molecule has 0 radical (unpaired) electrons. The molecule has 2 aromatic heterocycles. The second-order valence-electron chi connectivity index (χ2n) is 8.56. The minimum absolute atomic E-state index is 0.226. The van der Waals surface area contributed by atoms with Gasteiger partial charge >= 0.3 is 0 Å². The maximum Gasteiger partial charge on any atom is 0.133 e. The Morgan fingerprint density at radius 1 is 1.11 bits per heavy atom. The van der Waals surface area contributed by atoms with Gasteiger partial charge in [0.15, 0.2) is 0 Å². The quantitative estimate of drug-likeness (QED) is 0.720.